The maximum atomic E-state index is 11.9. The minimum Gasteiger partial charge on any atom is -0.485 e. The van der Waals surface area contributed by atoms with Crippen molar-refractivity contribution in [1.82, 2.24) is 0 Å². The third-order valence-electron chi connectivity index (χ3n) is 2.55. The van der Waals surface area contributed by atoms with E-state index in [1.54, 1.807) is 24.3 Å². The van der Waals surface area contributed by atoms with E-state index in [-0.39, 0.29) is 12.4 Å². The summed E-state index contributed by atoms with van der Waals surface area (Å²) in [5, 5.41) is 0.955. The molecule has 0 amide bonds. The lowest BCUT2D eigenvalue weighted by Crippen LogP contribution is -2.11. The van der Waals surface area contributed by atoms with Crippen molar-refractivity contribution in [3.05, 3.63) is 63.6 Å². The van der Waals surface area contributed by atoms with E-state index in [0.29, 0.717) is 21.4 Å². The summed E-state index contributed by atoms with van der Waals surface area (Å²) >= 11 is 11.7. The molecule has 19 heavy (non-hydrogen) atoms. The molecular formula is C15H12Cl2O2. The van der Waals surface area contributed by atoms with E-state index in [1.165, 1.54) is 0 Å². The highest BCUT2D eigenvalue weighted by Crippen LogP contribution is 2.24. The number of benzene rings is 2. The molecule has 0 saturated heterocycles. The Morgan fingerprint density at radius 2 is 1.79 bits per heavy atom. The molecule has 2 rings (SSSR count). The van der Waals surface area contributed by atoms with E-state index in [2.05, 4.69) is 0 Å². The molecule has 2 aromatic rings. The van der Waals surface area contributed by atoms with Crippen LogP contribution in [0.5, 0.6) is 5.75 Å². The molecule has 0 atom stereocenters. The summed E-state index contributed by atoms with van der Waals surface area (Å²) in [6.45, 7) is 1.90. The highest BCUT2D eigenvalue weighted by atomic mass is 35.5. The van der Waals surface area contributed by atoms with Gasteiger partial charge in [-0.05, 0) is 31.2 Å². The first kappa shape index (κ1) is 13.9. The first-order valence-electron chi connectivity index (χ1n) is 5.73. The fourth-order valence-corrected chi connectivity index (χ4v) is 2.17. The van der Waals surface area contributed by atoms with Crippen molar-refractivity contribution in [1.29, 1.82) is 0 Å². The predicted octanol–water partition coefficient (Wildman–Crippen LogP) is 4.56. The van der Waals surface area contributed by atoms with E-state index < -0.39 is 0 Å². The molecule has 0 aliphatic heterocycles. The minimum absolute atomic E-state index is 0.0415. The van der Waals surface area contributed by atoms with Gasteiger partial charge in [-0.1, -0.05) is 47.0 Å². The number of hydrogen-bond donors (Lipinski definition) is 0. The lowest BCUT2D eigenvalue weighted by Gasteiger charge is -2.07. The van der Waals surface area contributed by atoms with Crippen molar-refractivity contribution in [2.75, 3.05) is 6.61 Å². The van der Waals surface area contributed by atoms with E-state index in [1.807, 2.05) is 25.1 Å². The molecule has 0 bridgehead atoms. The minimum atomic E-state index is -0.0835. The Hall–Kier alpha value is -1.51. The average molecular weight is 295 g/mol. The van der Waals surface area contributed by atoms with Crippen molar-refractivity contribution in [2.45, 2.75) is 6.92 Å². The molecule has 0 aliphatic carbocycles. The number of ketones is 1. The molecule has 2 nitrogen and oxygen atoms in total. The number of rotatable bonds is 4. The second kappa shape index (κ2) is 6.09. The fourth-order valence-electron chi connectivity index (χ4n) is 1.66. The SMILES string of the molecule is Cc1cccc(C(=O)COc2cc(Cl)cc(Cl)c2)c1. The predicted molar refractivity (Wildman–Crippen MR) is 77.5 cm³/mol. The maximum Gasteiger partial charge on any atom is 0.200 e. The Morgan fingerprint density at radius 3 is 2.42 bits per heavy atom. The average Bonchev–Trinajstić information content (AvgIpc) is 2.35. The van der Waals surface area contributed by atoms with Crippen LogP contribution in [-0.4, -0.2) is 12.4 Å². The Kier molecular flexibility index (Phi) is 4.46. The number of aryl methyl sites for hydroxylation is 1. The fraction of sp³-hybridized carbons (Fsp3) is 0.133. The van der Waals surface area contributed by atoms with Gasteiger partial charge in [0.25, 0.3) is 0 Å². The van der Waals surface area contributed by atoms with Crippen LogP contribution >= 0.6 is 23.2 Å². The number of carbonyl (C=O) groups is 1. The molecule has 0 radical (unpaired) electrons. The van der Waals surface area contributed by atoms with Crippen molar-refractivity contribution < 1.29 is 9.53 Å². The molecule has 0 saturated carbocycles. The molecule has 0 aromatic heterocycles. The van der Waals surface area contributed by atoms with Crippen molar-refractivity contribution >= 4 is 29.0 Å². The number of halogens is 2. The Bertz CT molecular complexity index is 589. The summed E-state index contributed by atoms with van der Waals surface area (Å²) in [6, 6.07) is 12.2. The standard InChI is InChI=1S/C15H12Cl2O2/c1-10-3-2-4-11(5-10)15(18)9-19-14-7-12(16)6-13(17)8-14/h2-8H,9H2,1H3. The summed E-state index contributed by atoms with van der Waals surface area (Å²) < 4.78 is 5.41. The second-order valence-corrected chi connectivity index (χ2v) is 5.06. The number of hydrogen-bond acceptors (Lipinski definition) is 2. The third kappa shape index (κ3) is 3.98. The maximum absolute atomic E-state index is 11.9. The zero-order valence-electron chi connectivity index (χ0n) is 10.3. The molecule has 0 fully saturated rings. The van der Waals surface area contributed by atoms with E-state index in [0.717, 1.165) is 5.56 Å². The van der Waals surface area contributed by atoms with Gasteiger partial charge in [0, 0.05) is 15.6 Å². The molecular weight excluding hydrogens is 283 g/mol. The van der Waals surface area contributed by atoms with E-state index in [4.69, 9.17) is 27.9 Å². The third-order valence-corrected chi connectivity index (χ3v) is 2.98. The van der Waals surface area contributed by atoms with Crippen molar-refractivity contribution in [2.24, 2.45) is 0 Å². The highest BCUT2D eigenvalue weighted by Gasteiger charge is 2.07. The summed E-state index contributed by atoms with van der Waals surface area (Å²) in [5.74, 6) is 0.401. The van der Waals surface area contributed by atoms with Crippen LogP contribution in [0.3, 0.4) is 0 Å². The lowest BCUT2D eigenvalue weighted by atomic mass is 10.1. The highest BCUT2D eigenvalue weighted by molar-refractivity contribution is 6.34. The van der Waals surface area contributed by atoms with Gasteiger partial charge < -0.3 is 4.74 Å². The molecule has 0 spiro atoms. The number of ether oxygens (including phenoxy) is 1. The van der Waals surface area contributed by atoms with Crippen LogP contribution in [-0.2, 0) is 0 Å². The van der Waals surface area contributed by atoms with Gasteiger partial charge in [-0.25, -0.2) is 0 Å². The second-order valence-electron chi connectivity index (χ2n) is 4.19. The Balaban J connectivity index is 2.04. The van der Waals surface area contributed by atoms with Gasteiger partial charge in [0.1, 0.15) is 5.75 Å². The summed E-state index contributed by atoms with van der Waals surface area (Å²) in [6.07, 6.45) is 0. The monoisotopic (exact) mass is 294 g/mol. The van der Waals surface area contributed by atoms with E-state index in [9.17, 15) is 4.79 Å². The van der Waals surface area contributed by atoms with Gasteiger partial charge >= 0.3 is 0 Å². The van der Waals surface area contributed by atoms with Crippen LogP contribution in [0.2, 0.25) is 10.0 Å². The summed E-state index contributed by atoms with van der Waals surface area (Å²) in [5.41, 5.74) is 1.67. The van der Waals surface area contributed by atoms with Crippen LogP contribution in [0.25, 0.3) is 0 Å². The van der Waals surface area contributed by atoms with Gasteiger partial charge in [-0.3, -0.25) is 4.79 Å². The van der Waals surface area contributed by atoms with Gasteiger partial charge in [0.2, 0.25) is 0 Å². The molecule has 0 N–H and O–H groups in total. The zero-order chi connectivity index (χ0) is 13.8. The van der Waals surface area contributed by atoms with Gasteiger partial charge in [0.15, 0.2) is 12.4 Å². The topological polar surface area (TPSA) is 26.3 Å². The Morgan fingerprint density at radius 1 is 1.11 bits per heavy atom. The molecule has 0 unspecified atom stereocenters. The van der Waals surface area contributed by atoms with Crippen LogP contribution < -0.4 is 4.74 Å². The van der Waals surface area contributed by atoms with Crippen molar-refractivity contribution in [3.8, 4) is 5.75 Å². The molecule has 0 heterocycles. The lowest BCUT2D eigenvalue weighted by molar-refractivity contribution is 0.0921. The van der Waals surface area contributed by atoms with Crippen LogP contribution in [0.4, 0.5) is 0 Å². The molecule has 4 heteroatoms. The van der Waals surface area contributed by atoms with Gasteiger partial charge in [0.05, 0.1) is 0 Å². The number of carbonyl (C=O) groups excluding carboxylic acids is 1. The quantitative estimate of drug-likeness (QED) is 0.773. The van der Waals surface area contributed by atoms with Crippen molar-refractivity contribution in [3.63, 3.8) is 0 Å². The van der Waals surface area contributed by atoms with Crippen LogP contribution in [0, 0.1) is 6.92 Å². The van der Waals surface area contributed by atoms with Crippen LogP contribution in [0.1, 0.15) is 15.9 Å². The smallest absolute Gasteiger partial charge is 0.200 e. The zero-order valence-corrected chi connectivity index (χ0v) is 11.8. The first-order chi connectivity index (χ1) is 9.04. The Labute approximate surface area is 121 Å². The normalized spacial score (nSPS) is 10.3. The first-order valence-corrected chi connectivity index (χ1v) is 6.49. The summed E-state index contributed by atoms with van der Waals surface area (Å²) in [4.78, 5) is 11.9. The number of Topliss-reactive ketones (excluding diaryl/α,β-unsaturated/α-hetero) is 1. The van der Waals surface area contributed by atoms with Gasteiger partial charge in [-0.15, -0.1) is 0 Å². The molecule has 2 aromatic carbocycles. The van der Waals surface area contributed by atoms with E-state index >= 15 is 0 Å². The molecule has 0 aliphatic rings. The molecule has 98 valence electrons. The largest absolute Gasteiger partial charge is 0.485 e. The van der Waals surface area contributed by atoms with Gasteiger partial charge in [-0.2, -0.15) is 0 Å². The van der Waals surface area contributed by atoms with Crippen LogP contribution in [0.15, 0.2) is 42.5 Å². The summed E-state index contributed by atoms with van der Waals surface area (Å²) in [7, 11) is 0.